The summed E-state index contributed by atoms with van der Waals surface area (Å²) in [5.41, 5.74) is 0.737. The first-order chi connectivity index (χ1) is 9.75. The van der Waals surface area contributed by atoms with E-state index in [1.54, 1.807) is 23.9 Å². The highest BCUT2D eigenvalue weighted by Crippen LogP contribution is 2.29. The van der Waals surface area contributed by atoms with Crippen molar-refractivity contribution in [2.45, 2.75) is 6.04 Å². The first-order valence-electron chi connectivity index (χ1n) is 6.58. The quantitative estimate of drug-likeness (QED) is 0.793. The second kappa shape index (κ2) is 5.73. The molecule has 1 atom stereocenters. The van der Waals surface area contributed by atoms with Gasteiger partial charge in [0.05, 0.1) is 6.04 Å². The number of rotatable bonds is 2. The molecule has 2 aromatic rings. The van der Waals surface area contributed by atoms with E-state index in [-0.39, 0.29) is 17.7 Å². The first kappa shape index (κ1) is 13.3. The molecule has 1 fully saturated rings. The van der Waals surface area contributed by atoms with Gasteiger partial charge in [-0.15, -0.1) is 0 Å². The number of benzene rings is 2. The minimum absolute atomic E-state index is 0.0203. The minimum atomic E-state index is -0.152. The van der Waals surface area contributed by atoms with E-state index in [0.717, 1.165) is 34.5 Å². The van der Waals surface area contributed by atoms with Crippen molar-refractivity contribution < 1.29 is 9.90 Å². The van der Waals surface area contributed by atoms with Crippen molar-refractivity contribution in [2.24, 2.45) is 0 Å². The fraction of sp³-hybridized carbons (Fsp3) is 0.267. The molecule has 2 aromatic carbocycles. The molecule has 3 rings (SSSR count). The summed E-state index contributed by atoms with van der Waals surface area (Å²) >= 11 is 1.78. The van der Waals surface area contributed by atoms with Crippen LogP contribution in [0.4, 0.5) is 5.69 Å². The van der Waals surface area contributed by atoms with Gasteiger partial charge in [-0.05, 0) is 12.1 Å². The Hall–Kier alpha value is -1.72. The van der Waals surface area contributed by atoms with Crippen LogP contribution in [0, 0.1) is 0 Å². The maximum absolute atomic E-state index is 12.2. The summed E-state index contributed by atoms with van der Waals surface area (Å²) in [5.74, 6) is 2.05. The highest BCUT2D eigenvalue weighted by atomic mass is 32.2. The number of hydrogen-bond donors (Lipinski definition) is 3. The normalized spacial score (nSPS) is 18.9. The molecule has 1 unspecified atom stereocenters. The van der Waals surface area contributed by atoms with Gasteiger partial charge >= 0.3 is 0 Å². The molecular weight excluding hydrogens is 272 g/mol. The third-order valence-electron chi connectivity index (χ3n) is 3.40. The number of thioether (sulfide) groups is 1. The first-order valence-corrected chi connectivity index (χ1v) is 7.74. The van der Waals surface area contributed by atoms with Crippen LogP contribution in [0.3, 0.4) is 0 Å². The molecule has 0 aliphatic carbocycles. The van der Waals surface area contributed by atoms with Crippen LogP contribution < -0.4 is 10.6 Å². The van der Waals surface area contributed by atoms with Gasteiger partial charge in [-0.3, -0.25) is 4.79 Å². The summed E-state index contributed by atoms with van der Waals surface area (Å²) in [6, 6.07) is 10.7. The Labute approximate surface area is 121 Å². The predicted molar refractivity (Wildman–Crippen MR) is 83.4 cm³/mol. The number of aromatic hydroxyl groups is 1. The average molecular weight is 288 g/mol. The standard InChI is InChI=1S/C15H16N2O2S/c18-14-6-2-3-10-11(14)4-1-5-12(10)17-15(19)13-9-20-8-7-16-13/h1-6,13,16,18H,7-9H2,(H,17,19). The summed E-state index contributed by atoms with van der Waals surface area (Å²) in [4.78, 5) is 12.2. The van der Waals surface area contributed by atoms with Crippen molar-refractivity contribution in [3.05, 3.63) is 36.4 Å². The van der Waals surface area contributed by atoms with Gasteiger partial charge in [-0.1, -0.05) is 24.3 Å². The summed E-state index contributed by atoms with van der Waals surface area (Å²) in [5, 5.41) is 17.6. The second-order valence-electron chi connectivity index (χ2n) is 4.75. The lowest BCUT2D eigenvalue weighted by Crippen LogP contribution is -2.46. The van der Waals surface area contributed by atoms with Gasteiger partial charge in [0.2, 0.25) is 5.91 Å². The van der Waals surface area contributed by atoms with Crippen LogP contribution in [0.5, 0.6) is 5.75 Å². The van der Waals surface area contributed by atoms with E-state index in [1.165, 1.54) is 0 Å². The third kappa shape index (κ3) is 2.59. The minimum Gasteiger partial charge on any atom is -0.507 e. The predicted octanol–water partition coefficient (Wildman–Crippen LogP) is 2.19. The van der Waals surface area contributed by atoms with Gasteiger partial charge < -0.3 is 15.7 Å². The Bertz CT molecular complexity index is 639. The molecule has 0 saturated carbocycles. The Balaban J connectivity index is 1.87. The molecule has 1 heterocycles. The summed E-state index contributed by atoms with van der Waals surface area (Å²) in [6.07, 6.45) is 0. The molecule has 1 aliphatic heterocycles. The Morgan fingerprint density at radius 1 is 1.25 bits per heavy atom. The van der Waals surface area contributed by atoms with Gasteiger partial charge in [-0.25, -0.2) is 0 Å². The van der Waals surface area contributed by atoms with E-state index < -0.39 is 0 Å². The van der Waals surface area contributed by atoms with E-state index in [4.69, 9.17) is 0 Å². The number of carbonyl (C=O) groups is 1. The fourth-order valence-corrected chi connectivity index (χ4v) is 3.29. The molecule has 5 heteroatoms. The molecule has 104 valence electrons. The van der Waals surface area contributed by atoms with Gasteiger partial charge in [0.15, 0.2) is 0 Å². The lowest BCUT2D eigenvalue weighted by atomic mass is 10.1. The molecule has 0 aromatic heterocycles. The number of phenolic OH excluding ortho intramolecular Hbond substituents is 1. The molecule has 20 heavy (non-hydrogen) atoms. The molecule has 3 N–H and O–H groups in total. The Morgan fingerprint density at radius 3 is 2.85 bits per heavy atom. The highest BCUT2D eigenvalue weighted by molar-refractivity contribution is 7.99. The summed E-state index contributed by atoms with van der Waals surface area (Å²) < 4.78 is 0. The van der Waals surface area contributed by atoms with Gasteiger partial charge in [-0.2, -0.15) is 11.8 Å². The van der Waals surface area contributed by atoms with Crippen molar-refractivity contribution in [2.75, 3.05) is 23.4 Å². The van der Waals surface area contributed by atoms with E-state index in [0.29, 0.717) is 0 Å². The largest absolute Gasteiger partial charge is 0.507 e. The Morgan fingerprint density at radius 2 is 2.05 bits per heavy atom. The lowest BCUT2D eigenvalue weighted by Gasteiger charge is -2.22. The van der Waals surface area contributed by atoms with Crippen LogP contribution in [-0.4, -0.2) is 35.1 Å². The van der Waals surface area contributed by atoms with Crippen LogP contribution in [0.2, 0.25) is 0 Å². The number of hydrogen-bond acceptors (Lipinski definition) is 4. The van der Waals surface area contributed by atoms with Crippen LogP contribution in [0.15, 0.2) is 36.4 Å². The van der Waals surface area contributed by atoms with Crippen molar-refractivity contribution in [3.63, 3.8) is 0 Å². The fourth-order valence-electron chi connectivity index (χ4n) is 2.36. The number of anilines is 1. The van der Waals surface area contributed by atoms with Gasteiger partial charge in [0, 0.05) is 34.5 Å². The second-order valence-corrected chi connectivity index (χ2v) is 5.90. The number of fused-ring (bicyclic) bond motifs is 1. The van der Waals surface area contributed by atoms with Gasteiger partial charge in [0.25, 0.3) is 0 Å². The molecule has 0 radical (unpaired) electrons. The molecule has 0 spiro atoms. The number of amides is 1. The van der Waals surface area contributed by atoms with Crippen molar-refractivity contribution in [1.82, 2.24) is 5.32 Å². The number of phenols is 1. The smallest absolute Gasteiger partial charge is 0.242 e. The monoisotopic (exact) mass is 288 g/mol. The van der Waals surface area contributed by atoms with E-state index >= 15 is 0 Å². The van der Waals surface area contributed by atoms with Crippen LogP contribution in [0.1, 0.15) is 0 Å². The molecule has 4 nitrogen and oxygen atoms in total. The average Bonchev–Trinajstić information content (AvgIpc) is 2.49. The molecule has 0 bridgehead atoms. The molecule has 1 amide bonds. The van der Waals surface area contributed by atoms with Crippen LogP contribution in [0.25, 0.3) is 10.8 Å². The topological polar surface area (TPSA) is 61.4 Å². The summed E-state index contributed by atoms with van der Waals surface area (Å²) in [7, 11) is 0. The zero-order valence-electron chi connectivity index (χ0n) is 10.9. The van der Waals surface area contributed by atoms with E-state index in [9.17, 15) is 9.90 Å². The molecular formula is C15H16N2O2S. The van der Waals surface area contributed by atoms with Crippen LogP contribution in [-0.2, 0) is 4.79 Å². The maximum atomic E-state index is 12.2. The Kier molecular flexibility index (Phi) is 3.80. The maximum Gasteiger partial charge on any atom is 0.242 e. The summed E-state index contributed by atoms with van der Waals surface area (Å²) in [6.45, 7) is 0.860. The van der Waals surface area contributed by atoms with Gasteiger partial charge in [0.1, 0.15) is 5.75 Å². The van der Waals surface area contributed by atoms with Crippen molar-refractivity contribution in [1.29, 1.82) is 0 Å². The van der Waals surface area contributed by atoms with E-state index in [1.807, 2.05) is 24.3 Å². The lowest BCUT2D eigenvalue weighted by molar-refractivity contribution is -0.117. The molecule has 1 saturated heterocycles. The van der Waals surface area contributed by atoms with E-state index in [2.05, 4.69) is 10.6 Å². The van der Waals surface area contributed by atoms with Crippen LogP contribution >= 0.6 is 11.8 Å². The zero-order valence-corrected chi connectivity index (χ0v) is 11.7. The third-order valence-corrected chi connectivity index (χ3v) is 4.46. The van der Waals surface area contributed by atoms with Crippen molar-refractivity contribution >= 4 is 34.1 Å². The SMILES string of the molecule is O=C(Nc1cccc2c(O)cccc12)C1CSCCN1. The zero-order chi connectivity index (χ0) is 13.9. The molecule has 1 aliphatic rings. The number of nitrogens with one attached hydrogen (secondary N) is 2. The number of carbonyl (C=O) groups excluding carboxylic acids is 1. The highest BCUT2D eigenvalue weighted by Gasteiger charge is 2.21. The van der Waals surface area contributed by atoms with Crippen molar-refractivity contribution in [3.8, 4) is 5.75 Å².